The number of anilines is 1. The van der Waals surface area contributed by atoms with Crippen LogP contribution in [0.25, 0.3) is 16.6 Å². The summed E-state index contributed by atoms with van der Waals surface area (Å²) in [6.45, 7) is 0.0798. The van der Waals surface area contributed by atoms with Gasteiger partial charge in [0.05, 0.1) is 46.3 Å². The van der Waals surface area contributed by atoms with E-state index in [0.29, 0.717) is 22.2 Å². The number of fused-ring (bicyclic) bond motifs is 1. The lowest BCUT2D eigenvalue weighted by Gasteiger charge is -2.14. The van der Waals surface area contributed by atoms with Crippen LogP contribution in [0, 0.1) is 0 Å². The Bertz CT molecular complexity index is 1500. The maximum absolute atomic E-state index is 13.5. The maximum Gasteiger partial charge on any atom is 0.420 e. The SMILES string of the molecule is COCC(=O)NCc1ccc(Cl)c(C(=O)Nc2cccc3c2cnn3-c2ccc(OC)c(C(F)(F)F)c2)c1. The number of carbonyl (C=O) groups excluding carboxylic acids is 2. The van der Waals surface area contributed by atoms with Crippen molar-refractivity contribution < 1.29 is 32.2 Å². The molecule has 0 aliphatic rings. The first-order valence-corrected chi connectivity index (χ1v) is 11.6. The largest absolute Gasteiger partial charge is 0.496 e. The lowest BCUT2D eigenvalue weighted by molar-refractivity contribution is -0.138. The summed E-state index contributed by atoms with van der Waals surface area (Å²) < 4.78 is 51.6. The lowest BCUT2D eigenvalue weighted by Crippen LogP contribution is -2.26. The van der Waals surface area contributed by atoms with E-state index in [4.69, 9.17) is 21.1 Å². The fourth-order valence-electron chi connectivity index (χ4n) is 3.84. The van der Waals surface area contributed by atoms with Gasteiger partial charge >= 0.3 is 6.18 Å². The fraction of sp³-hybridized carbons (Fsp3) is 0.192. The number of ether oxygens (including phenoxy) is 2. The van der Waals surface area contributed by atoms with E-state index in [-0.39, 0.29) is 41.1 Å². The highest BCUT2D eigenvalue weighted by atomic mass is 35.5. The Labute approximate surface area is 220 Å². The van der Waals surface area contributed by atoms with Crippen LogP contribution in [0.15, 0.2) is 60.8 Å². The molecule has 0 radical (unpaired) electrons. The van der Waals surface area contributed by atoms with Gasteiger partial charge in [-0.05, 0) is 48.0 Å². The summed E-state index contributed by atoms with van der Waals surface area (Å²) in [4.78, 5) is 24.8. The van der Waals surface area contributed by atoms with E-state index in [1.807, 2.05) is 0 Å². The molecule has 12 heteroatoms. The Morgan fingerprint density at radius 1 is 1.08 bits per heavy atom. The highest BCUT2D eigenvalue weighted by Gasteiger charge is 2.35. The minimum absolute atomic E-state index is 0.0906. The molecule has 0 aliphatic carbocycles. The van der Waals surface area contributed by atoms with E-state index in [9.17, 15) is 22.8 Å². The number of benzene rings is 3. The molecule has 1 aromatic heterocycles. The van der Waals surface area contributed by atoms with Crippen molar-refractivity contribution in [3.63, 3.8) is 0 Å². The van der Waals surface area contributed by atoms with Crippen LogP contribution in [0.4, 0.5) is 18.9 Å². The van der Waals surface area contributed by atoms with Crippen LogP contribution >= 0.6 is 11.6 Å². The van der Waals surface area contributed by atoms with Crippen molar-refractivity contribution in [3.05, 3.63) is 82.5 Å². The number of rotatable bonds is 8. The van der Waals surface area contributed by atoms with Crippen LogP contribution in [0.1, 0.15) is 21.5 Å². The molecular weight excluding hydrogens is 525 g/mol. The number of methoxy groups -OCH3 is 2. The number of aromatic nitrogens is 2. The highest BCUT2D eigenvalue weighted by molar-refractivity contribution is 6.34. The summed E-state index contributed by atoms with van der Waals surface area (Å²) in [5.41, 5.74) is 0.927. The summed E-state index contributed by atoms with van der Waals surface area (Å²) in [7, 11) is 2.58. The third-order valence-electron chi connectivity index (χ3n) is 5.64. The molecule has 4 rings (SSSR count). The smallest absolute Gasteiger partial charge is 0.420 e. The van der Waals surface area contributed by atoms with E-state index in [2.05, 4.69) is 15.7 Å². The minimum Gasteiger partial charge on any atom is -0.496 e. The first-order chi connectivity index (χ1) is 18.1. The molecule has 8 nitrogen and oxygen atoms in total. The third-order valence-corrected chi connectivity index (χ3v) is 5.96. The second-order valence-corrected chi connectivity index (χ2v) is 8.56. The predicted octanol–water partition coefficient (Wildman–Crippen LogP) is 5.22. The van der Waals surface area contributed by atoms with Gasteiger partial charge in [-0.3, -0.25) is 9.59 Å². The predicted molar refractivity (Wildman–Crippen MR) is 136 cm³/mol. The van der Waals surface area contributed by atoms with Crippen LogP contribution in [0.3, 0.4) is 0 Å². The Hall–Kier alpha value is -4.09. The van der Waals surface area contributed by atoms with Gasteiger partial charge in [-0.25, -0.2) is 4.68 Å². The first-order valence-electron chi connectivity index (χ1n) is 11.2. The van der Waals surface area contributed by atoms with Gasteiger partial charge < -0.3 is 20.1 Å². The molecule has 0 bridgehead atoms. The normalized spacial score (nSPS) is 11.4. The molecule has 1 heterocycles. The van der Waals surface area contributed by atoms with Gasteiger partial charge in [0.1, 0.15) is 12.4 Å². The van der Waals surface area contributed by atoms with Gasteiger partial charge in [0.2, 0.25) is 5.91 Å². The number of halogens is 4. The van der Waals surface area contributed by atoms with E-state index < -0.39 is 17.6 Å². The quantitative estimate of drug-likeness (QED) is 0.316. The molecule has 0 saturated carbocycles. The van der Waals surface area contributed by atoms with Gasteiger partial charge in [-0.1, -0.05) is 23.7 Å². The van der Waals surface area contributed by atoms with Gasteiger partial charge in [0.25, 0.3) is 5.91 Å². The zero-order chi connectivity index (χ0) is 27.4. The minimum atomic E-state index is -4.62. The molecule has 38 heavy (non-hydrogen) atoms. The van der Waals surface area contributed by atoms with E-state index >= 15 is 0 Å². The Kier molecular flexibility index (Phi) is 7.88. The summed E-state index contributed by atoms with van der Waals surface area (Å²) in [5.74, 6) is -1.12. The number of carbonyl (C=O) groups is 2. The maximum atomic E-state index is 13.5. The van der Waals surface area contributed by atoms with E-state index in [1.54, 1.807) is 36.4 Å². The van der Waals surface area contributed by atoms with Crippen LogP contribution in [0.5, 0.6) is 5.75 Å². The molecule has 0 atom stereocenters. The van der Waals surface area contributed by atoms with Crippen molar-refractivity contribution in [1.29, 1.82) is 0 Å². The van der Waals surface area contributed by atoms with Crippen LogP contribution in [-0.4, -0.2) is 42.4 Å². The third kappa shape index (κ3) is 5.74. The van der Waals surface area contributed by atoms with E-state index in [0.717, 1.165) is 6.07 Å². The number of amides is 2. The summed E-state index contributed by atoms with van der Waals surface area (Å²) in [6.07, 6.45) is -3.17. The zero-order valence-corrected chi connectivity index (χ0v) is 21.0. The van der Waals surface area contributed by atoms with Crippen molar-refractivity contribution in [1.82, 2.24) is 15.1 Å². The number of nitrogens with one attached hydrogen (secondary N) is 2. The monoisotopic (exact) mass is 546 g/mol. The number of nitrogens with zero attached hydrogens (tertiary/aromatic N) is 2. The molecule has 0 unspecified atom stereocenters. The van der Waals surface area contributed by atoms with Crippen molar-refractivity contribution in [2.45, 2.75) is 12.7 Å². The average molecular weight is 547 g/mol. The fourth-order valence-corrected chi connectivity index (χ4v) is 4.05. The van der Waals surface area contributed by atoms with E-state index in [1.165, 1.54) is 37.2 Å². The molecule has 0 fully saturated rings. The summed E-state index contributed by atoms with van der Waals surface area (Å²) in [5, 5.41) is 10.4. The number of hydrogen-bond donors (Lipinski definition) is 2. The van der Waals surface area contributed by atoms with Crippen molar-refractivity contribution in [2.75, 3.05) is 26.1 Å². The van der Waals surface area contributed by atoms with Crippen LogP contribution in [0.2, 0.25) is 5.02 Å². The van der Waals surface area contributed by atoms with Crippen LogP contribution < -0.4 is 15.4 Å². The second kappa shape index (κ2) is 11.1. The number of hydrogen-bond acceptors (Lipinski definition) is 5. The zero-order valence-electron chi connectivity index (χ0n) is 20.2. The molecule has 2 amide bonds. The Balaban J connectivity index is 1.62. The molecule has 0 spiro atoms. The molecular formula is C26H22ClF3N4O4. The lowest BCUT2D eigenvalue weighted by atomic mass is 10.1. The highest BCUT2D eigenvalue weighted by Crippen LogP contribution is 2.38. The molecule has 198 valence electrons. The van der Waals surface area contributed by atoms with Gasteiger partial charge in [-0.15, -0.1) is 0 Å². The topological polar surface area (TPSA) is 94.5 Å². The Morgan fingerprint density at radius 2 is 1.87 bits per heavy atom. The van der Waals surface area contributed by atoms with Crippen LogP contribution in [-0.2, 0) is 22.3 Å². The Morgan fingerprint density at radius 3 is 2.58 bits per heavy atom. The summed E-state index contributed by atoms with van der Waals surface area (Å²) in [6, 6.07) is 13.4. The van der Waals surface area contributed by atoms with Gasteiger partial charge in [0.15, 0.2) is 0 Å². The van der Waals surface area contributed by atoms with Crippen molar-refractivity contribution in [3.8, 4) is 11.4 Å². The standard InChI is InChI=1S/C26H22ClF3N4O4/c1-37-14-24(35)31-12-15-6-8-20(27)17(10-15)25(36)33-21-4-3-5-22-18(21)13-32-34(22)16-7-9-23(38-2)19(11-16)26(28,29)30/h3-11,13H,12,14H2,1-2H3,(H,31,35)(H,33,36). The van der Waals surface area contributed by atoms with Gasteiger partial charge in [-0.2, -0.15) is 18.3 Å². The van der Waals surface area contributed by atoms with Crippen molar-refractivity contribution in [2.24, 2.45) is 0 Å². The first kappa shape index (κ1) is 27.0. The van der Waals surface area contributed by atoms with Crippen molar-refractivity contribution >= 4 is 40.0 Å². The molecule has 3 aromatic carbocycles. The second-order valence-electron chi connectivity index (χ2n) is 8.16. The molecule has 2 N–H and O–H groups in total. The number of alkyl halides is 3. The molecule has 0 aliphatic heterocycles. The summed E-state index contributed by atoms with van der Waals surface area (Å²) >= 11 is 6.26. The molecule has 4 aromatic rings. The molecule has 0 saturated heterocycles. The van der Waals surface area contributed by atoms with Gasteiger partial charge in [0, 0.05) is 19.0 Å². The average Bonchev–Trinajstić information content (AvgIpc) is 3.32.